The van der Waals surface area contributed by atoms with Gasteiger partial charge in [-0.3, -0.25) is 14.6 Å². The van der Waals surface area contributed by atoms with Crippen LogP contribution in [0.15, 0.2) is 41.5 Å². The van der Waals surface area contributed by atoms with Gasteiger partial charge in [0.25, 0.3) is 11.9 Å². The van der Waals surface area contributed by atoms with Gasteiger partial charge in [0.15, 0.2) is 18.0 Å². The maximum Gasteiger partial charge on any atom is 0.328 e. The van der Waals surface area contributed by atoms with Crippen molar-refractivity contribution >= 4 is 23.7 Å². The number of hydrogen-bond donors (Lipinski definition) is 0. The van der Waals surface area contributed by atoms with Crippen LogP contribution >= 0.6 is 0 Å². The first-order chi connectivity index (χ1) is 12.6. The molecule has 3 amide bonds. The maximum absolute atomic E-state index is 13.0. The van der Waals surface area contributed by atoms with E-state index in [2.05, 4.69) is 11.9 Å². The molecule has 0 spiro atoms. The largest absolute Gasteiger partial charge is 0.423 e. The molecule has 7 nitrogen and oxygen atoms in total. The molecule has 1 saturated heterocycles. The number of likely N-dealkylation sites (N-methyl/N-ethyl adjacent to an activating group) is 1. The Labute approximate surface area is 152 Å². The Morgan fingerprint density at radius 2 is 1.92 bits per heavy atom. The number of hydrogen-bond acceptors (Lipinski definition) is 5. The van der Waals surface area contributed by atoms with Crippen LogP contribution in [-0.2, 0) is 9.53 Å². The Morgan fingerprint density at radius 1 is 1.15 bits per heavy atom. The number of unbranched alkanes of at least 4 members (excludes halogenated alkanes) is 2. The number of benzene rings is 1. The van der Waals surface area contributed by atoms with Crippen molar-refractivity contribution in [3.63, 3.8) is 0 Å². The van der Waals surface area contributed by atoms with E-state index < -0.39 is 12.2 Å². The quantitative estimate of drug-likeness (QED) is 0.762. The number of amides is 3. The molecule has 7 heteroatoms. The predicted octanol–water partition coefficient (Wildman–Crippen LogP) is 2.47. The standard InChI is InChI=1S/C19H22N4O3/c1-3-4-8-11-22-17(24)15-16(21(2)19(22)25)20-18-23(15)12-14(26-18)13-9-6-5-7-10-13/h5-7,9-10,12,15-16H,3-4,8,11H2,1-2H3. The average molecular weight is 354 g/mol. The van der Waals surface area contributed by atoms with Gasteiger partial charge in [-0.1, -0.05) is 50.1 Å². The molecular weight excluding hydrogens is 332 g/mol. The Balaban J connectivity index is 1.59. The lowest BCUT2D eigenvalue weighted by molar-refractivity contribution is -0.136. The smallest absolute Gasteiger partial charge is 0.328 e. The third-order valence-corrected chi connectivity index (χ3v) is 5.00. The highest BCUT2D eigenvalue weighted by molar-refractivity contribution is 6.04. The summed E-state index contributed by atoms with van der Waals surface area (Å²) in [6.07, 6.45) is 4.11. The minimum atomic E-state index is -0.560. The van der Waals surface area contributed by atoms with Crippen molar-refractivity contribution in [2.75, 3.05) is 13.6 Å². The molecule has 1 fully saturated rings. The van der Waals surface area contributed by atoms with Crippen LogP contribution in [0, 0.1) is 0 Å². The molecule has 136 valence electrons. The van der Waals surface area contributed by atoms with E-state index in [4.69, 9.17) is 4.74 Å². The van der Waals surface area contributed by atoms with E-state index >= 15 is 0 Å². The fourth-order valence-corrected chi connectivity index (χ4v) is 3.54. The summed E-state index contributed by atoms with van der Waals surface area (Å²) in [5.74, 6) is 0.454. The zero-order chi connectivity index (χ0) is 18.3. The van der Waals surface area contributed by atoms with Gasteiger partial charge in [-0.2, -0.15) is 0 Å². The molecule has 1 aromatic carbocycles. The van der Waals surface area contributed by atoms with Gasteiger partial charge in [-0.25, -0.2) is 9.79 Å². The molecule has 0 aromatic heterocycles. The second-order valence-electron chi connectivity index (χ2n) is 6.73. The van der Waals surface area contributed by atoms with Crippen molar-refractivity contribution in [2.45, 2.75) is 38.4 Å². The number of carbonyl (C=O) groups is 2. The van der Waals surface area contributed by atoms with Crippen LogP contribution in [0.2, 0.25) is 0 Å². The van der Waals surface area contributed by atoms with E-state index in [0.717, 1.165) is 24.8 Å². The van der Waals surface area contributed by atoms with Gasteiger partial charge < -0.3 is 9.64 Å². The topological polar surface area (TPSA) is 65.5 Å². The minimum absolute atomic E-state index is 0.206. The number of urea groups is 1. The third-order valence-electron chi connectivity index (χ3n) is 5.00. The summed E-state index contributed by atoms with van der Waals surface area (Å²) in [5.41, 5.74) is 0.925. The lowest BCUT2D eigenvalue weighted by Gasteiger charge is -2.39. The summed E-state index contributed by atoms with van der Waals surface area (Å²) in [4.78, 5) is 34.7. The second-order valence-corrected chi connectivity index (χ2v) is 6.73. The van der Waals surface area contributed by atoms with Gasteiger partial charge in [-0.15, -0.1) is 0 Å². The fraction of sp³-hybridized carbons (Fsp3) is 0.421. The summed E-state index contributed by atoms with van der Waals surface area (Å²) >= 11 is 0. The number of imide groups is 1. The number of ether oxygens (including phenoxy) is 1. The first-order valence-electron chi connectivity index (χ1n) is 9.01. The molecule has 4 rings (SSSR count). The molecule has 1 aromatic rings. The first-order valence-corrected chi connectivity index (χ1v) is 9.01. The fourth-order valence-electron chi connectivity index (χ4n) is 3.54. The number of aliphatic imine (C=N–C) groups is 1. The van der Waals surface area contributed by atoms with Crippen LogP contribution in [0.5, 0.6) is 0 Å². The van der Waals surface area contributed by atoms with Crippen LogP contribution in [0.3, 0.4) is 0 Å². The summed E-state index contributed by atoms with van der Waals surface area (Å²) in [6, 6.07) is 9.22. The molecule has 0 N–H and O–H groups in total. The highest BCUT2D eigenvalue weighted by Gasteiger charge is 2.53. The molecule has 0 aliphatic carbocycles. The van der Waals surface area contributed by atoms with Gasteiger partial charge in [0.05, 0.1) is 6.20 Å². The van der Waals surface area contributed by atoms with Crippen LogP contribution in [-0.4, -0.2) is 58.5 Å². The summed E-state index contributed by atoms with van der Waals surface area (Å²) < 4.78 is 5.86. The van der Waals surface area contributed by atoms with Gasteiger partial charge in [0, 0.05) is 19.2 Å². The van der Waals surface area contributed by atoms with E-state index in [1.54, 1.807) is 11.9 Å². The molecule has 0 radical (unpaired) electrons. The SMILES string of the molecule is CCCCCN1C(=O)C2C(N=C3OC(c4ccccc4)=CN32)N(C)C1=O. The normalized spacial score (nSPS) is 24.3. The van der Waals surface area contributed by atoms with Crippen LogP contribution in [0.1, 0.15) is 31.7 Å². The molecule has 26 heavy (non-hydrogen) atoms. The lowest BCUT2D eigenvalue weighted by Crippen LogP contribution is -2.64. The number of carbonyl (C=O) groups excluding carboxylic acids is 2. The van der Waals surface area contributed by atoms with E-state index in [0.29, 0.717) is 18.3 Å². The molecule has 3 heterocycles. The minimum Gasteiger partial charge on any atom is -0.423 e. The maximum atomic E-state index is 13.0. The van der Waals surface area contributed by atoms with Gasteiger partial charge in [0.1, 0.15) is 0 Å². The third kappa shape index (κ3) is 2.55. The number of rotatable bonds is 5. The van der Waals surface area contributed by atoms with Crippen molar-refractivity contribution in [1.29, 1.82) is 0 Å². The molecule has 3 aliphatic heterocycles. The Morgan fingerprint density at radius 3 is 2.65 bits per heavy atom. The van der Waals surface area contributed by atoms with Crippen molar-refractivity contribution < 1.29 is 14.3 Å². The predicted molar refractivity (Wildman–Crippen MR) is 96.8 cm³/mol. The second kappa shape index (κ2) is 6.48. The molecule has 3 aliphatic rings. The molecule has 0 saturated carbocycles. The van der Waals surface area contributed by atoms with Crippen molar-refractivity contribution in [3.8, 4) is 0 Å². The Bertz CT molecular complexity index is 789. The van der Waals surface area contributed by atoms with Crippen LogP contribution < -0.4 is 0 Å². The first kappa shape index (κ1) is 16.6. The monoisotopic (exact) mass is 354 g/mol. The van der Waals surface area contributed by atoms with Gasteiger partial charge in [-0.05, 0) is 6.42 Å². The Kier molecular flexibility index (Phi) is 4.14. The van der Waals surface area contributed by atoms with Crippen LogP contribution in [0.4, 0.5) is 4.79 Å². The van der Waals surface area contributed by atoms with E-state index in [9.17, 15) is 9.59 Å². The zero-order valence-electron chi connectivity index (χ0n) is 15.0. The zero-order valence-corrected chi connectivity index (χ0v) is 15.0. The number of nitrogens with zero attached hydrogens (tertiary/aromatic N) is 4. The number of fused-ring (bicyclic) bond motifs is 3. The van der Waals surface area contributed by atoms with E-state index in [-0.39, 0.29) is 11.9 Å². The molecule has 2 unspecified atom stereocenters. The highest BCUT2D eigenvalue weighted by atomic mass is 16.5. The van der Waals surface area contributed by atoms with E-state index in [1.807, 2.05) is 36.5 Å². The highest BCUT2D eigenvalue weighted by Crippen LogP contribution is 2.35. The van der Waals surface area contributed by atoms with Crippen molar-refractivity contribution in [1.82, 2.24) is 14.7 Å². The average Bonchev–Trinajstić information content (AvgIpc) is 3.21. The van der Waals surface area contributed by atoms with E-state index in [1.165, 1.54) is 9.80 Å². The Hall–Kier alpha value is -2.83. The van der Waals surface area contributed by atoms with Gasteiger partial charge >= 0.3 is 6.03 Å². The molecule has 0 bridgehead atoms. The van der Waals surface area contributed by atoms with Crippen molar-refractivity contribution in [3.05, 3.63) is 42.1 Å². The van der Waals surface area contributed by atoms with Gasteiger partial charge in [0.2, 0.25) is 0 Å². The summed E-state index contributed by atoms with van der Waals surface area (Å²) in [5, 5.41) is 0. The summed E-state index contributed by atoms with van der Waals surface area (Å²) in [6.45, 7) is 2.54. The summed E-state index contributed by atoms with van der Waals surface area (Å²) in [7, 11) is 1.69. The van der Waals surface area contributed by atoms with Crippen molar-refractivity contribution in [2.24, 2.45) is 4.99 Å². The lowest BCUT2D eigenvalue weighted by atomic mass is 10.1. The molecular formula is C19H22N4O3. The van der Waals surface area contributed by atoms with Crippen LogP contribution in [0.25, 0.3) is 5.76 Å². The number of amidine groups is 1. The molecule has 2 atom stereocenters.